The van der Waals surface area contributed by atoms with Crippen molar-refractivity contribution in [1.82, 2.24) is 20.5 Å². The van der Waals surface area contributed by atoms with Gasteiger partial charge >= 0.3 is 0 Å². The monoisotopic (exact) mass is 418 g/mol. The van der Waals surface area contributed by atoms with Gasteiger partial charge in [-0.1, -0.05) is 13.0 Å². The molecular weight excluding hydrogens is 387 g/mol. The van der Waals surface area contributed by atoms with E-state index in [1.165, 1.54) is 4.88 Å². The number of nitrogens with one attached hydrogen (secondary N) is 2. The summed E-state index contributed by atoms with van der Waals surface area (Å²) in [7, 11) is 0. The molecule has 0 radical (unpaired) electrons. The van der Waals surface area contributed by atoms with Crippen LogP contribution in [0.4, 0.5) is 10.1 Å². The highest BCUT2D eigenvalue weighted by atomic mass is 32.1. The number of aryl methyl sites for hydroxylation is 1. The lowest BCUT2D eigenvalue weighted by Gasteiger charge is -2.35. The number of benzene rings is 1. The topological polar surface area (TPSA) is 55.8 Å². The summed E-state index contributed by atoms with van der Waals surface area (Å²) >= 11 is 1.67. The fourth-order valence-corrected chi connectivity index (χ4v) is 4.09. The van der Waals surface area contributed by atoms with E-state index in [0.717, 1.165) is 49.8 Å². The molecule has 1 aromatic carbocycles. The molecule has 1 fully saturated rings. The Hall–Kier alpha value is -2.19. The zero-order valence-corrected chi connectivity index (χ0v) is 18.4. The molecule has 0 aliphatic carbocycles. The molecule has 0 bridgehead atoms. The Morgan fingerprint density at radius 1 is 1.21 bits per heavy atom. The smallest absolute Gasteiger partial charge is 0.191 e. The highest BCUT2D eigenvalue weighted by Gasteiger charge is 2.18. The van der Waals surface area contributed by atoms with E-state index in [0.29, 0.717) is 24.7 Å². The number of rotatable bonds is 7. The van der Waals surface area contributed by atoms with Crippen LogP contribution in [0.25, 0.3) is 0 Å². The minimum atomic E-state index is -0.168. The number of likely N-dealkylation sites (N-methyl/N-ethyl adjacent to an activating group) is 1. The zero-order chi connectivity index (χ0) is 20.6. The van der Waals surface area contributed by atoms with Gasteiger partial charge in [0.2, 0.25) is 0 Å². The van der Waals surface area contributed by atoms with Crippen LogP contribution in [0.15, 0.2) is 29.4 Å². The number of nitrogens with zero attached hydrogens (tertiary/aromatic N) is 4. The lowest BCUT2D eigenvalue weighted by Crippen LogP contribution is -2.46. The third-order valence-electron chi connectivity index (χ3n) is 5.01. The Morgan fingerprint density at radius 3 is 2.62 bits per heavy atom. The number of hydrogen-bond donors (Lipinski definition) is 2. The molecule has 8 heteroatoms. The second-order valence-electron chi connectivity index (χ2n) is 7.12. The van der Waals surface area contributed by atoms with Gasteiger partial charge < -0.3 is 20.4 Å². The van der Waals surface area contributed by atoms with Crippen molar-refractivity contribution in [3.63, 3.8) is 0 Å². The van der Waals surface area contributed by atoms with Gasteiger partial charge in [0, 0.05) is 43.8 Å². The first-order chi connectivity index (χ1) is 14.1. The van der Waals surface area contributed by atoms with Gasteiger partial charge in [-0.25, -0.2) is 14.4 Å². The molecule has 0 spiro atoms. The number of piperazine rings is 1. The van der Waals surface area contributed by atoms with Crippen LogP contribution in [-0.2, 0) is 13.1 Å². The molecule has 0 saturated carbocycles. The molecule has 0 unspecified atom stereocenters. The predicted octanol–water partition coefficient (Wildman–Crippen LogP) is 2.99. The van der Waals surface area contributed by atoms with Crippen molar-refractivity contribution in [1.29, 1.82) is 0 Å². The zero-order valence-electron chi connectivity index (χ0n) is 17.5. The minimum absolute atomic E-state index is 0.168. The molecule has 6 nitrogen and oxygen atoms in total. The van der Waals surface area contributed by atoms with Crippen molar-refractivity contribution in [2.75, 3.05) is 44.2 Å². The predicted molar refractivity (Wildman–Crippen MR) is 119 cm³/mol. The van der Waals surface area contributed by atoms with E-state index >= 15 is 0 Å². The summed E-state index contributed by atoms with van der Waals surface area (Å²) in [6, 6.07) is 5.47. The van der Waals surface area contributed by atoms with Crippen LogP contribution < -0.4 is 15.5 Å². The third-order valence-corrected chi connectivity index (χ3v) is 5.93. The van der Waals surface area contributed by atoms with Gasteiger partial charge in [-0.3, -0.25) is 0 Å². The Balaban J connectivity index is 1.59. The average molecular weight is 419 g/mol. The van der Waals surface area contributed by atoms with Gasteiger partial charge in [-0.15, -0.1) is 11.3 Å². The first-order valence-corrected chi connectivity index (χ1v) is 11.1. The number of guanidine groups is 1. The van der Waals surface area contributed by atoms with Crippen LogP contribution >= 0.6 is 11.3 Å². The number of hydrogen-bond acceptors (Lipinski definition) is 5. The summed E-state index contributed by atoms with van der Waals surface area (Å²) < 4.78 is 14.7. The Labute approximate surface area is 176 Å². The maximum atomic E-state index is 14.7. The average Bonchev–Trinajstić information content (AvgIpc) is 3.15. The summed E-state index contributed by atoms with van der Waals surface area (Å²) in [5.41, 5.74) is 1.55. The molecule has 1 aliphatic rings. The molecule has 1 saturated heterocycles. The second-order valence-corrected chi connectivity index (χ2v) is 8.44. The summed E-state index contributed by atoms with van der Waals surface area (Å²) in [4.78, 5) is 14.7. The number of anilines is 1. The molecule has 2 N–H and O–H groups in total. The van der Waals surface area contributed by atoms with Crippen molar-refractivity contribution in [3.8, 4) is 0 Å². The van der Waals surface area contributed by atoms with E-state index in [1.54, 1.807) is 17.4 Å². The van der Waals surface area contributed by atoms with Crippen LogP contribution in [0.1, 0.15) is 29.3 Å². The highest BCUT2D eigenvalue weighted by Crippen LogP contribution is 2.22. The van der Waals surface area contributed by atoms with E-state index in [9.17, 15) is 4.39 Å². The number of thiazole rings is 1. The van der Waals surface area contributed by atoms with Gasteiger partial charge in [-0.2, -0.15) is 0 Å². The van der Waals surface area contributed by atoms with Gasteiger partial charge in [0.05, 0.1) is 18.8 Å². The molecule has 0 atom stereocenters. The molecular formula is C21H31FN6S. The Kier molecular flexibility index (Phi) is 7.83. The first-order valence-electron chi connectivity index (χ1n) is 10.3. The standard InChI is InChI=1S/C21H31FN6S/c1-4-23-21(26-15-20-24-13-16(3)29-20)25-14-17-6-7-19(18(22)12-17)28-10-8-27(5-2)9-11-28/h6-7,12-13H,4-5,8-11,14-15H2,1-3H3,(H2,23,25,26). The Morgan fingerprint density at radius 2 is 2.00 bits per heavy atom. The van der Waals surface area contributed by atoms with E-state index < -0.39 is 0 Å². The minimum Gasteiger partial charge on any atom is -0.367 e. The van der Waals surface area contributed by atoms with E-state index in [2.05, 4.69) is 37.3 Å². The van der Waals surface area contributed by atoms with Crippen molar-refractivity contribution in [2.24, 2.45) is 4.99 Å². The normalized spacial score (nSPS) is 15.6. The van der Waals surface area contributed by atoms with Crippen molar-refractivity contribution < 1.29 is 4.39 Å². The van der Waals surface area contributed by atoms with Crippen LogP contribution in [0.2, 0.25) is 0 Å². The lowest BCUT2D eigenvalue weighted by atomic mass is 10.1. The Bertz CT molecular complexity index is 813. The first kappa shape index (κ1) is 21.5. The maximum Gasteiger partial charge on any atom is 0.191 e. The fourth-order valence-electron chi connectivity index (χ4n) is 3.36. The van der Waals surface area contributed by atoms with Crippen molar-refractivity contribution in [2.45, 2.75) is 33.9 Å². The van der Waals surface area contributed by atoms with Crippen LogP contribution in [0, 0.1) is 12.7 Å². The SMILES string of the molecule is CCNC(=NCc1ccc(N2CCN(CC)CC2)c(F)c1)NCc1ncc(C)s1. The highest BCUT2D eigenvalue weighted by molar-refractivity contribution is 7.11. The lowest BCUT2D eigenvalue weighted by molar-refractivity contribution is 0.270. The van der Waals surface area contributed by atoms with Gasteiger partial charge in [0.25, 0.3) is 0 Å². The summed E-state index contributed by atoms with van der Waals surface area (Å²) in [6.07, 6.45) is 1.87. The number of aromatic nitrogens is 1. The third kappa shape index (κ3) is 6.14. The van der Waals surface area contributed by atoms with E-state index in [4.69, 9.17) is 0 Å². The quantitative estimate of drug-likeness (QED) is 0.535. The number of aliphatic imine (C=N–C) groups is 1. The largest absolute Gasteiger partial charge is 0.367 e. The van der Waals surface area contributed by atoms with E-state index in [-0.39, 0.29) is 5.82 Å². The summed E-state index contributed by atoms with van der Waals surface area (Å²) in [5, 5.41) is 7.53. The van der Waals surface area contributed by atoms with Gasteiger partial charge in [0.1, 0.15) is 10.8 Å². The number of halogens is 1. The maximum absolute atomic E-state index is 14.7. The molecule has 1 aromatic heterocycles. The van der Waals surface area contributed by atoms with Crippen LogP contribution in [-0.4, -0.2) is 55.1 Å². The van der Waals surface area contributed by atoms with Gasteiger partial charge in [-0.05, 0) is 38.1 Å². The summed E-state index contributed by atoms with van der Waals surface area (Å²) in [5.74, 6) is 0.541. The molecule has 0 amide bonds. The van der Waals surface area contributed by atoms with Gasteiger partial charge in [0.15, 0.2) is 5.96 Å². The molecule has 3 rings (SSSR count). The van der Waals surface area contributed by atoms with Crippen molar-refractivity contribution >= 4 is 23.0 Å². The molecule has 2 heterocycles. The fraction of sp³-hybridized carbons (Fsp3) is 0.524. The molecule has 1 aliphatic heterocycles. The molecule has 29 heavy (non-hydrogen) atoms. The van der Waals surface area contributed by atoms with Crippen LogP contribution in [0.3, 0.4) is 0 Å². The molecule has 2 aromatic rings. The van der Waals surface area contributed by atoms with Crippen LogP contribution in [0.5, 0.6) is 0 Å². The van der Waals surface area contributed by atoms with E-state index in [1.807, 2.05) is 32.2 Å². The molecule has 158 valence electrons. The van der Waals surface area contributed by atoms with Crippen molar-refractivity contribution in [3.05, 3.63) is 45.7 Å². The second kappa shape index (κ2) is 10.5. The summed E-state index contributed by atoms with van der Waals surface area (Å²) in [6.45, 7) is 12.8.